The van der Waals surface area contributed by atoms with Crippen molar-refractivity contribution < 1.29 is 24.6 Å². The van der Waals surface area contributed by atoms with Crippen molar-refractivity contribution in [2.75, 3.05) is 33.4 Å². The summed E-state index contributed by atoms with van der Waals surface area (Å²) in [6.45, 7) is 5.01. The highest BCUT2D eigenvalue weighted by Crippen LogP contribution is 2.13. The van der Waals surface area contributed by atoms with Crippen molar-refractivity contribution >= 4 is 5.91 Å². The molecule has 0 fully saturated rings. The third-order valence-corrected chi connectivity index (χ3v) is 3.74. The maximum Gasteiger partial charge on any atom is 0.294 e. The van der Waals surface area contributed by atoms with Crippen molar-refractivity contribution in [3.05, 3.63) is 39.9 Å². The van der Waals surface area contributed by atoms with E-state index in [-0.39, 0.29) is 25.5 Å². The normalized spacial score (nSPS) is 11.9. The van der Waals surface area contributed by atoms with Gasteiger partial charge in [0.1, 0.15) is 18.5 Å². The second-order valence-corrected chi connectivity index (χ2v) is 6.57. The van der Waals surface area contributed by atoms with Crippen LogP contribution in [0.2, 0.25) is 0 Å². The van der Waals surface area contributed by atoms with E-state index in [0.29, 0.717) is 31.3 Å². The van der Waals surface area contributed by atoms with Crippen molar-refractivity contribution in [2.24, 2.45) is 0 Å². The van der Waals surface area contributed by atoms with E-state index in [0.717, 1.165) is 5.56 Å². The maximum atomic E-state index is 12.1. The Morgan fingerprint density at radius 1 is 1.33 bits per heavy atom. The van der Waals surface area contributed by atoms with Crippen LogP contribution in [0.4, 0.5) is 0 Å². The lowest BCUT2D eigenvalue weighted by atomic mass is 10.1. The average molecular weight is 383 g/mol. The molecule has 1 aromatic carbocycles. The Kier molecular flexibility index (Phi) is 10.1. The lowest BCUT2D eigenvalue weighted by Gasteiger charge is -2.17. The van der Waals surface area contributed by atoms with Crippen molar-refractivity contribution in [3.63, 3.8) is 0 Å². The van der Waals surface area contributed by atoms with Gasteiger partial charge in [0.05, 0.1) is 13.0 Å². The summed E-state index contributed by atoms with van der Waals surface area (Å²) >= 11 is 0. The molecule has 1 rings (SSSR count). The molecule has 9 heteroatoms. The predicted molar refractivity (Wildman–Crippen MR) is 100.0 cm³/mol. The Hall–Kier alpha value is -2.39. The monoisotopic (exact) mass is 383 g/mol. The number of amides is 1. The van der Waals surface area contributed by atoms with E-state index in [4.69, 9.17) is 4.74 Å². The average Bonchev–Trinajstić information content (AvgIpc) is 2.62. The van der Waals surface area contributed by atoms with Gasteiger partial charge in [0.25, 0.3) is 5.09 Å². The number of nitrogens with zero attached hydrogens (tertiary/aromatic N) is 2. The molecule has 2 N–H and O–H groups in total. The molecule has 1 aromatic rings. The fourth-order valence-electron chi connectivity index (χ4n) is 2.20. The van der Waals surface area contributed by atoms with E-state index >= 15 is 0 Å². The quantitative estimate of drug-likeness (QED) is 0.297. The number of ether oxygens (including phenoxy) is 1. The van der Waals surface area contributed by atoms with Crippen LogP contribution in [0.1, 0.15) is 25.8 Å². The zero-order chi connectivity index (χ0) is 20.2. The summed E-state index contributed by atoms with van der Waals surface area (Å²) in [4.78, 5) is 28.0. The first-order valence-corrected chi connectivity index (χ1v) is 8.92. The number of carbonyl (C=O) groups excluding carboxylic acids is 1. The van der Waals surface area contributed by atoms with Gasteiger partial charge in [-0.05, 0) is 24.1 Å². The zero-order valence-electron chi connectivity index (χ0n) is 16.1. The molecule has 27 heavy (non-hydrogen) atoms. The highest BCUT2D eigenvalue weighted by molar-refractivity contribution is 5.78. The summed E-state index contributed by atoms with van der Waals surface area (Å²) in [5.41, 5.74) is 0.836. The molecular weight excluding hydrogens is 354 g/mol. The largest absolute Gasteiger partial charge is 0.491 e. The van der Waals surface area contributed by atoms with Gasteiger partial charge in [-0.15, -0.1) is 10.1 Å². The number of aliphatic hydroxyl groups is 1. The molecule has 152 valence electrons. The fourth-order valence-corrected chi connectivity index (χ4v) is 2.20. The minimum atomic E-state index is -0.842. The van der Waals surface area contributed by atoms with E-state index in [1.807, 2.05) is 13.8 Å². The van der Waals surface area contributed by atoms with Gasteiger partial charge in [-0.2, -0.15) is 0 Å². The van der Waals surface area contributed by atoms with Gasteiger partial charge in [-0.1, -0.05) is 26.0 Å². The third-order valence-electron chi connectivity index (χ3n) is 3.74. The lowest BCUT2D eigenvalue weighted by molar-refractivity contribution is -0.757. The molecule has 0 saturated carbocycles. The molecule has 0 saturated heterocycles. The van der Waals surface area contributed by atoms with E-state index in [9.17, 15) is 20.0 Å². The molecule has 0 radical (unpaired) electrons. The molecule has 0 aliphatic rings. The summed E-state index contributed by atoms with van der Waals surface area (Å²) in [7, 11) is 1.65. The molecule has 0 aromatic heterocycles. The van der Waals surface area contributed by atoms with Gasteiger partial charge >= 0.3 is 0 Å². The maximum absolute atomic E-state index is 12.1. The number of likely N-dealkylation sites (N-methyl/N-ethyl adjacent to an activating group) is 1. The van der Waals surface area contributed by atoms with E-state index in [1.165, 1.54) is 4.90 Å². The van der Waals surface area contributed by atoms with Crippen LogP contribution >= 0.6 is 0 Å². The summed E-state index contributed by atoms with van der Waals surface area (Å²) < 4.78 is 5.54. The summed E-state index contributed by atoms with van der Waals surface area (Å²) in [5.74, 6) is 0.542. The van der Waals surface area contributed by atoms with Crippen LogP contribution in [-0.2, 0) is 16.1 Å². The molecule has 1 atom stereocenters. The number of rotatable bonds is 13. The second-order valence-electron chi connectivity index (χ2n) is 6.57. The van der Waals surface area contributed by atoms with Gasteiger partial charge in [0.2, 0.25) is 5.91 Å². The predicted octanol–water partition coefficient (Wildman–Crippen LogP) is 1.02. The second kappa shape index (κ2) is 12.1. The van der Waals surface area contributed by atoms with Crippen LogP contribution in [-0.4, -0.2) is 66.5 Å². The van der Waals surface area contributed by atoms with Crippen molar-refractivity contribution in [1.82, 2.24) is 10.2 Å². The van der Waals surface area contributed by atoms with Crippen molar-refractivity contribution in [3.8, 4) is 5.75 Å². The molecule has 0 aliphatic carbocycles. The first kappa shape index (κ1) is 22.7. The standard InChI is InChI=1S/C18H29N3O6/c1-14(2)19-12-16(22)13-26-17-7-5-15(6-8-17)11-18(23)20(3)9-4-10-27-21(24)25/h5-8,14,16,19,22H,4,9-13H2,1-3H3. The number of nitrogens with one attached hydrogen (secondary N) is 1. The van der Waals surface area contributed by atoms with Gasteiger partial charge < -0.3 is 24.9 Å². The van der Waals surface area contributed by atoms with Crippen LogP contribution in [0.3, 0.4) is 0 Å². The highest BCUT2D eigenvalue weighted by atomic mass is 16.9. The van der Waals surface area contributed by atoms with Gasteiger partial charge in [0.15, 0.2) is 0 Å². The first-order chi connectivity index (χ1) is 12.8. The Morgan fingerprint density at radius 2 is 2.00 bits per heavy atom. The smallest absolute Gasteiger partial charge is 0.294 e. The van der Waals surface area contributed by atoms with Gasteiger partial charge in [-0.25, -0.2) is 0 Å². The SMILES string of the molecule is CC(C)NCC(O)COc1ccc(CC(=O)N(C)CCCO[N+](=O)[O-])cc1. The van der Waals surface area contributed by atoms with E-state index < -0.39 is 11.2 Å². The number of benzene rings is 1. The van der Waals surface area contributed by atoms with Crippen LogP contribution in [0, 0.1) is 10.1 Å². The minimum Gasteiger partial charge on any atom is -0.491 e. The Bertz CT molecular complexity index is 579. The molecule has 0 spiro atoms. The van der Waals surface area contributed by atoms with Crippen molar-refractivity contribution in [1.29, 1.82) is 0 Å². The van der Waals surface area contributed by atoms with E-state index in [1.54, 1.807) is 31.3 Å². The lowest BCUT2D eigenvalue weighted by Crippen LogP contribution is -2.35. The van der Waals surface area contributed by atoms with Gasteiger partial charge in [-0.3, -0.25) is 4.79 Å². The third kappa shape index (κ3) is 10.4. The first-order valence-electron chi connectivity index (χ1n) is 8.92. The summed E-state index contributed by atoms with van der Waals surface area (Å²) in [6, 6.07) is 7.42. The molecule has 1 unspecified atom stereocenters. The van der Waals surface area contributed by atoms with Crippen molar-refractivity contribution in [2.45, 2.75) is 38.8 Å². The Balaban J connectivity index is 2.34. The number of aliphatic hydroxyl groups excluding tert-OH is 1. The fraction of sp³-hybridized carbons (Fsp3) is 0.611. The summed E-state index contributed by atoms with van der Waals surface area (Å²) in [5, 5.41) is 22.2. The number of hydrogen-bond acceptors (Lipinski definition) is 7. The Morgan fingerprint density at radius 3 is 2.59 bits per heavy atom. The van der Waals surface area contributed by atoms with Crippen LogP contribution < -0.4 is 10.1 Å². The number of hydrogen-bond donors (Lipinski definition) is 2. The molecule has 0 heterocycles. The number of carbonyl (C=O) groups is 1. The van der Waals surface area contributed by atoms with Crippen LogP contribution in [0.15, 0.2) is 24.3 Å². The molecule has 0 aliphatic heterocycles. The van der Waals surface area contributed by atoms with Gasteiger partial charge in [0, 0.05) is 26.2 Å². The molecule has 9 nitrogen and oxygen atoms in total. The molecular formula is C18H29N3O6. The van der Waals surface area contributed by atoms with Crippen LogP contribution in [0.25, 0.3) is 0 Å². The van der Waals surface area contributed by atoms with E-state index in [2.05, 4.69) is 10.2 Å². The zero-order valence-corrected chi connectivity index (χ0v) is 16.1. The topological polar surface area (TPSA) is 114 Å². The molecule has 0 bridgehead atoms. The summed E-state index contributed by atoms with van der Waals surface area (Å²) in [6.07, 6.45) is 0.0271. The minimum absolute atomic E-state index is 0.0325. The Labute approximate surface area is 159 Å². The highest BCUT2D eigenvalue weighted by Gasteiger charge is 2.10. The molecule has 1 amide bonds. The van der Waals surface area contributed by atoms with Crippen LogP contribution in [0.5, 0.6) is 5.75 Å².